The fourth-order valence-corrected chi connectivity index (χ4v) is 2.39. The van der Waals surface area contributed by atoms with E-state index in [1.807, 2.05) is 12.1 Å². The fourth-order valence-electron chi connectivity index (χ4n) is 2.39. The maximum Gasteiger partial charge on any atom is 0.414 e. The maximum absolute atomic E-state index is 11.6. The number of carbonyl (C=O) groups is 1. The molecule has 2 rings (SSSR count). The lowest BCUT2D eigenvalue weighted by molar-refractivity contribution is -0.685. The molecule has 1 aromatic carbocycles. The first-order valence-electron chi connectivity index (χ1n) is 6.41. The number of amides is 1. The highest BCUT2D eigenvalue weighted by atomic mass is 35.5. The monoisotopic (exact) mass is 294 g/mol. The third-order valence-corrected chi connectivity index (χ3v) is 3.36. The zero-order valence-corrected chi connectivity index (χ0v) is 12.5. The number of halogens is 1. The van der Waals surface area contributed by atoms with Crippen LogP contribution < -0.4 is 22.5 Å². The van der Waals surface area contributed by atoms with Crippen LogP contribution in [0.5, 0.6) is 5.75 Å². The fraction of sp³-hybridized carbons (Fsp3) is 0.400. The van der Waals surface area contributed by atoms with Crippen LogP contribution in [0.2, 0.25) is 0 Å². The SMILES string of the molecule is C#CC[NH2+]C1CCc2c(OC(=O)N(C)C)cccc21.[Cl-]. The van der Waals surface area contributed by atoms with Gasteiger partial charge in [0.25, 0.3) is 0 Å². The molecular formula is C15H19ClN2O2. The normalized spacial score (nSPS) is 15.8. The average Bonchev–Trinajstić information content (AvgIpc) is 2.80. The second-order valence-electron chi connectivity index (χ2n) is 4.88. The van der Waals surface area contributed by atoms with E-state index in [9.17, 15) is 4.79 Å². The number of benzene rings is 1. The van der Waals surface area contributed by atoms with E-state index >= 15 is 0 Å². The second kappa shape index (κ2) is 7.18. The molecule has 108 valence electrons. The Kier molecular flexibility index (Phi) is 5.87. The molecule has 2 N–H and O–H groups in total. The first kappa shape index (κ1) is 16.4. The number of hydrogen-bond acceptors (Lipinski definition) is 2. The van der Waals surface area contributed by atoms with Crippen LogP contribution in [-0.4, -0.2) is 31.6 Å². The molecule has 0 aliphatic heterocycles. The maximum atomic E-state index is 11.6. The molecule has 0 heterocycles. The van der Waals surface area contributed by atoms with Crippen molar-refractivity contribution in [2.45, 2.75) is 18.9 Å². The molecule has 5 heteroatoms. The lowest BCUT2D eigenvalue weighted by Crippen LogP contribution is -3.00. The van der Waals surface area contributed by atoms with Crippen LogP contribution in [0.4, 0.5) is 4.79 Å². The summed E-state index contributed by atoms with van der Waals surface area (Å²) < 4.78 is 5.40. The minimum absolute atomic E-state index is 0. The van der Waals surface area contributed by atoms with Crippen molar-refractivity contribution in [3.05, 3.63) is 29.3 Å². The Hall–Kier alpha value is -1.70. The number of nitrogens with zero attached hydrogens (tertiary/aromatic N) is 1. The molecule has 0 aromatic heterocycles. The van der Waals surface area contributed by atoms with Gasteiger partial charge in [0.15, 0.2) is 0 Å². The molecule has 0 spiro atoms. The van der Waals surface area contributed by atoms with Crippen LogP contribution >= 0.6 is 0 Å². The number of nitrogens with two attached hydrogens (primary N) is 1. The zero-order chi connectivity index (χ0) is 13.8. The van der Waals surface area contributed by atoms with Gasteiger partial charge in [-0.05, 0) is 18.4 Å². The van der Waals surface area contributed by atoms with Crippen LogP contribution in [0.25, 0.3) is 0 Å². The van der Waals surface area contributed by atoms with Gasteiger partial charge in [-0.2, -0.15) is 0 Å². The highest BCUT2D eigenvalue weighted by Gasteiger charge is 2.28. The van der Waals surface area contributed by atoms with Crippen LogP contribution in [0.1, 0.15) is 23.6 Å². The Balaban J connectivity index is 0.00000200. The van der Waals surface area contributed by atoms with Crippen molar-refractivity contribution in [1.82, 2.24) is 4.90 Å². The van der Waals surface area contributed by atoms with Crippen molar-refractivity contribution in [3.63, 3.8) is 0 Å². The van der Waals surface area contributed by atoms with E-state index in [4.69, 9.17) is 11.2 Å². The van der Waals surface area contributed by atoms with E-state index in [1.165, 1.54) is 10.5 Å². The van der Waals surface area contributed by atoms with E-state index in [2.05, 4.69) is 17.3 Å². The molecule has 0 bridgehead atoms. The third-order valence-electron chi connectivity index (χ3n) is 3.36. The summed E-state index contributed by atoms with van der Waals surface area (Å²) in [7, 11) is 3.35. The van der Waals surface area contributed by atoms with E-state index in [1.54, 1.807) is 14.1 Å². The quantitative estimate of drug-likeness (QED) is 0.652. The van der Waals surface area contributed by atoms with Crippen LogP contribution in [0, 0.1) is 12.3 Å². The van der Waals surface area contributed by atoms with Crippen molar-refractivity contribution in [1.29, 1.82) is 0 Å². The number of terminal acetylenes is 1. The predicted octanol–water partition coefficient (Wildman–Crippen LogP) is -2.07. The summed E-state index contributed by atoms with van der Waals surface area (Å²) in [5, 5.41) is 2.16. The van der Waals surface area contributed by atoms with Gasteiger partial charge >= 0.3 is 6.09 Å². The van der Waals surface area contributed by atoms with E-state index < -0.39 is 0 Å². The van der Waals surface area contributed by atoms with Crippen molar-refractivity contribution in [2.75, 3.05) is 20.6 Å². The van der Waals surface area contributed by atoms with Gasteiger partial charge in [0.05, 0.1) is 0 Å². The molecule has 20 heavy (non-hydrogen) atoms. The molecule has 0 saturated heterocycles. The number of carbonyl (C=O) groups excluding carboxylic acids is 1. The number of hydrogen-bond donors (Lipinski definition) is 1. The summed E-state index contributed by atoms with van der Waals surface area (Å²) in [5.41, 5.74) is 2.37. The summed E-state index contributed by atoms with van der Waals surface area (Å²) >= 11 is 0. The summed E-state index contributed by atoms with van der Waals surface area (Å²) in [6, 6.07) is 6.25. The minimum Gasteiger partial charge on any atom is -1.00 e. The molecule has 1 aliphatic rings. The molecule has 0 fully saturated rings. The second-order valence-corrected chi connectivity index (χ2v) is 4.88. The van der Waals surface area contributed by atoms with Gasteiger partial charge < -0.3 is 27.4 Å². The number of ether oxygens (including phenoxy) is 1. The first-order valence-corrected chi connectivity index (χ1v) is 6.41. The standard InChI is InChI=1S/C15H18N2O2.ClH/c1-4-10-16-13-9-8-12-11(13)6-5-7-14(12)19-15(18)17(2)3;/h1,5-7,13,16H,8-10H2,2-3H3;1H. The third kappa shape index (κ3) is 3.44. The Bertz CT molecular complexity index is 523. The molecule has 0 radical (unpaired) electrons. The van der Waals surface area contributed by atoms with E-state index in [-0.39, 0.29) is 18.5 Å². The highest BCUT2D eigenvalue weighted by Crippen LogP contribution is 2.35. The molecule has 1 amide bonds. The first-order chi connectivity index (χ1) is 9.13. The Morgan fingerprint density at radius 2 is 2.30 bits per heavy atom. The van der Waals surface area contributed by atoms with Gasteiger partial charge in [-0.1, -0.05) is 12.1 Å². The highest BCUT2D eigenvalue weighted by molar-refractivity contribution is 5.70. The van der Waals surface area contributed by atoms with Crippen molar-refractivity contribution >= 4 is 6.09 Å². The van der Waals surface area contributed by atoms with Crippen molar-refractivity contribution in [3.8, 4) is 18.1 Å². The molecule has 4 nitrogen and oxygen atoms in total. The van der Waals surface area contributed by atoms with Gasteiger partial charge in [0, 0.05) is 31.6 Å². The number of rotatable bonds is 3. The Labute approximate surface area is 125 Å². The molecule has 1 aliphatic carbocycles. The van der Waals surface area contributed by atoms with Gasteiger partial charge in [0.2, 0.25) is 0 Å². The Morgan fingerprint density at radius 3 is 2.95 bits per heavy atom. The molecule has 0 saturated carbocycles. The summed E-state index contributed by atoms with van der Waals surface area (Å²) in [6.07, 6.45) is 6.92. The number of fused-ring (bicyclic) bond motifs is 1. The zero-order valence-electron chi connectivity index (χ0n) is 11.7. The average molecular weight is 295 g/mol. The van der Waals surface area contributed by atoms with Gasteiger partial charge in [-0.15, -0.1) is 6.42 Å². The molecule has 1 unspecified atom stereocenters. The Morgan fingerprint density at radius 1 is 1.55 bits per heavy atom. The topological polar surface area (TPSA) is 46.1 Å². The van der Waals surface area contributed by atoms with Crippen LogP contribution in [0.3, 0.4) is 0 Å². The molecular weight excluding hydrogens is 276 g/mol. The summed E-state index contributed by atoms with van der Waals surface area (Å²) in [5.74, 6) is 3.31. The lowest BCUT2D eigenvalue weighted by atomic mass is 10.1. The molecule has 1 atom stereocenters. The minimum atomic E-state index is -0.343. The van der Waals surface area contributed by atoms with E-state index in [0.29, 0.717) is 18.3 Å². The van der Waals surface area contributed by atoms with Crippen molar-refractivity contribution in [2.24, 2.45) is 0 Å². The van der Waals surface area contributed by atoms with Crippen LogP contribution in [0.15, 0.2) is 18.2 Å². The van der Waals surface area contributed by atoms with Gasteiger partial charge in [0.1, 0.15) is 18.3 Å². The number of quaternary nitrogens is 1. The summed E-state index contributed by atoms with van der Waals surface area (Å²) in [4.78, 5) is 13.1. The van der Waals surface area contributed by atoms with Gasteiger partial charge in [-0.25, -0.2) is 4.79 Å². The summed E-state index contributed by atoms with van der Waals surface area (Å²) in [6.45, 7) is 0.672. The largest absolute Gasteiger partial charge is 1.00 e. The predicted molar refractivity (Wildman–Crippen MR) is 72.8 cm³/mol. The van der Waals surface area contributed by atoms with E-state index in [0.717, 1.165) is 18.4 Å². The smallest absolute Gasteiger partial charge is 0.414 e. The van der Waals surface area contributed by atoms with Crippen LogP contribution in [-0.2, 0) is 6.42 Å². The molecule has 1 aromatic rings. The van der Waals surface area contributed by atoms with Crippen molar-refractivity contribution < 1.29 is 27.3 Å². The van der Waals surface area contributed by atoms with Gasteiger partial charge in [-0.3, -0.25) is 0 Å². The lowest BCUT2D eigenvalue weighted by Gasteiger charge is -2.14.